The van der Waals surface area contributed by atoms with Crippen molar-refractivity contribution in [1.82, 2.24) is 19.8 Å². The molecule has 2 aliphatic heterocycles. The highest BCUT2D eigenvalue weighted by Crippen LogP contribution is 2.39. The van der Waals surface area contributed by atoms with Gasteiger partial charge in [0.25, 0.3) is 0 Å². The van der Waals surface area contributed by atoms with Gasteiger partial charge in [-0.25, -0.2) is 4.98 Å². The number of hydrogen-bond acceptors (Lipinski definition) is 4. The molecule has 1 amide bonds. The Balaban J connectivity index is 1.49. The summed E-state index contributed by atoms with van der Waals surface area (Å²) in [6.07, 6.45) is 6.04. The fourth-order valence-electron chi connectivity index (χ4n) is 4.72. The van der Waals surface area contributed by atoms with Gasteiger partial charge in [0.2, 0.25) is 5.91 Å². The largest absolute Gasteiger partial charge is 0.396 e. The zero-order chi connectivity index (χ0) is 19.3. The Morgan fingerprint density at radius 2 is 1.96 bits per heavy atom. The van der Waals surface area contributed by atoms with Crippen LogP contribution in [0.4, 0.5) is 0 Å². The summed E-state index contributed by atoms with van der Waals surface area (Å²) in [6.45, 7) is 4.03. The van der Waals surface area contributed by atoms with Crippen LogP contribution < -0.4 is 0 Å². The minimum Gasteiger partial charge on any atom is -0.396 e. The van der Waals surface area contributed by atoms with Gasteiger partial charge in [0.1, 0.15) is 0 Å². The third kappa shape index (κ3) is 4.13. The number of H-pyrrole nitrogens is 1. The van der Waals surface area contributed by atoms with Crippen LogP contribution in [0.5, 0.6) is 0 Å². The Labute approximate surface area is 166 Å². The highest BCUT2D eigenvalue weighted by Gasteiger charge is 2.39. The summed E-state index contributed by atoms with van der Waals surface area (Å²) in [7, 11) is 0. The van der Waals surface area contributed by atoms with Gasteiger partial charge in [0.15, 0.2) is 0 Å². The van der Waals surface area contributed by atoms with Crippen molar-refractivity contribution in [2.24, 2.45) is 5.92 Å². The van der Waals surface area contributed by atoms with E-state index in [9.17, 15) is 4.79 Å². The van der Waals surface area contributed by atoms with Crippen LogP contribution in [0, 0.1) is 5.92 Å². The Hall–Kier alpha value is -2.18. The number of carbonyl (C=O) groups is 1. The van der Waals surface area contributed by atoms with Crippen LogP contribution in [0.3, 0.4) is 0 Å². The Morgan fingerprint density at radius 1 is 1.18 bits per heavy atom. The topological polar surface area (TPSA) is 72.5 Å². The predicted molar refractivity (Wildman–Crippen MR) is 108 cm³/mol. The number of imidazole rings is 1. The SMILES string of the molecule is O=C(Cc1ccccc1)N1CCc2[nH]cnc2C1C1CCN(CCCO)CC1. The third-order valence-electron chi connectivity index (χ3n) is 6.20. The van der Waals surface area contributed by atoms with Crippen molar-refractivity contribution in [3.05, 3.63) is 53.6 Å². The summed E-state index contributed by atoms with van der Waals surface area (Å²) in [5.41, 5.74) is 3.33. The Morgan fingerprint density at radius 3 is 2.71 bits per heavy atom. The molecule has 28 heavy (non-hydrogen) atoms. The highest BCUT2D eigenvalue weighted by atomic mass is 16.3. The number of nitrogens with zero attached hydrogens (tertiary/aromatic N) is 3. The molecule has 1 saturated heterocycles. The van der Waals surface area contributed by atoms with Crippen molar-refractivity contribution in [3.8, 4) is 0 Å². The van der Waals surface area contributed by atoms with E-state index in [2.05, 4.69) is 19.8 Å². The molecule has 0 radical (unpaired) electrons. The fraction of sp³-hybridized carbons (Fsp3) is 0.545. The maximum absolute atomic E-state index is 13.2. The molecular weight excluding hydrogens is 352 g/mol. The number of likely N-dealkylation sites (tertiary alicyclic amines) is 1. The first-order valence-corrected chi connectivity index (χ1v) is 10.4. The molecular formula is C22H30N4O2. The summed E-state index contributed by atoms with van der Waals surface area (Å²) >= 11 is 0. The summed E-state index contributed by atoms with van der Waals surface area (Å²) in [4.78, 5) is 25.6. The second-order valence-electron chi connectivity index (χ2n) is 7.97. The van der Waals surface area contributed by atoms with Gasteiger partial charge in [-0.15, -0.1) is 0 Å². The van der Waals surface area contributed by atoms with E-state index >= 15 is 0 Å². The number of aromatic amines is 1. The smallest absolute Gasteiger partial charge is 0.227 e. The molecule has 1 aromatic carbocycles. The Kier molecular flexibility index (Phi) is 6.07. The van der Waals surface area contributed by atoms with Gasteiger partial charge >= 0.3 is 0 Å². The van der Waals surface area contributed by atoms with Crippen molar-refractivity contribution < 1.29 is 9.90 Å². The van der Waals surface area contributed by atoms with Gasteiger partial charge in [-0.05, 0) is 43.8 Å². The summed E-state index contributed by atoms with van der Waals surface area (Å²) in [6, 6.07) is 10.1. The number of amides is 1. The summed E-state index contributed by atoms with van der Waals surface area (Å²) in [5.74, 6) is 0.639. The van der Waals surface area contributed by atoms with E-state index in [1.807, 2.05) is 30.3 Å². The van der Waals surface area contributed by atoms with Gasteiger partial charge in [0, 0.05) is 31.8 Å². The second-order valence-corrected chi connectivity index (χ2v) is 7.97. The van der Waals surface area contributed by atoms with Crippen molar-refractivity contribution in [2.45, 2.75) is 38.1 Å². The van der Waals surface area contributed by atoms with Crippen LogP contribution in [0.2, 0.25) is 0 Å². The average Bonchev–Trinajstić information content (AvgIpc) is 3.21. The van der Waals surface area contributed by atoms with E-state index in [1.165, 1.54) is 5.69 Å². The fourth-order valence-corrected chi connectivity index (χ4v) is 4.72. The minimum atomic E-state index is 0.0752. The zero-order valence-electron chi connectivity index (χ0n) is 16.4. The predicted octanol–water partition coefficient (Wildman–Crippen LogP) is 2.17. The third-order valence-corrected chi connectivity index (χ3v) is 6.20. The summed E-state index contributed by atoms with van der Waals surface area (Å²) < 4.78 is 0. The van der Waals surface area contributed by atoms with Crippen molar-refractivity contribution >= 4 is 5.91 Å². The lowest BCUT2D eigenvalue weighted by molar-refractivity contribution is -0.135. The van der Waals surface area contributed by atoms with Crippen LogP contribution in [0.1, 0.15) is 42.3 Å². The van der Waals surface area contributed by atoms with Gasteiger partial charge in [-0.1, -0.05) is 30.3 Å². The second kappa shape index (κ2) is 8.88. The lowest BCUT2D eigenvalue weighted by Gasteiger charge is -2.43. The maximum Gasteiger partial charge on any atom is 0.227 e. The van der Waals surface area contributed by atoms with Crippen LogP contribution in [-0.2, 0) is 17.6 Å². The van der Waals surface area contributed by atoms with Crippen molar-refractivity contribution in [1.29, 1.82) is 0 Å². The first-order chi connectivity index (χ1) is 13.8. The molecule has 4 rings (SSSR count). The molecule has 2 aromatic rings. The first kappa shape index (κ1) is 19.2. The van der Waals surface area contributed by atoms with Gasteiger partial charge in [-0.3, -0.25) is 4.79 Å². The van der Waals surface area contributed by atoms with Crippen LogP contribution in [0.15, 0.2) is 36.7 Å². The van der Waals surface area contributed by atoms with Gasteiger partial charge in [-0.2, -0.15) is 0 Å². The van der Waals surface area contributed by atoms with Crippen LogP contribution >= 0.6 is 0 Å². The molecule has 1 atom stereocenters. The number of aliphatic hydroxyl groups is 1. The molecule has 3 heterocycles. The maximum atomic E-state index is 13.2. The number of piperidine rings is 1. The molecule has 0 saturated carbocycles. The molecule has 2 aliphatic rings. The summed E-state index contributed by atoms with van der Waals surface area (Å²) in [5, 5.41) is 9.07. The average molecular weight is 383 g/mol. The molecule has 0 aliphatic carbocycles. The van der Waals surface area contributed by atoms with E-state index in [0.717, 1.165) is 63.1 Å². The monoisotopic (exact) mass is 382 g/mol. The van der Waals surface area contributed by atoms with E-state index in [-0.39, 0.29) is 18.6 Å². The van der Waals surface area contributed by atoms with E-state index in [0.29, 0.717) is 12.3 Å². The number of aromatic nitrogens is 2. The lowest BCUT2D eigenvalue weighted by Crippen LogP contribution is -2.47. The molecule has 1 fully saturated rings. The van der Waals surface area contributed by atoms with Gasteiger partial charge in [0.05, 0.1) is 24.5 Å². The molecule has 6 heteroatoms. The number of fused-ring (bicyclic) bond motifs is 1. The standard InChI is InChI=1S/C22H30N4O2/c27-14-4-10-25-11-7-18(8-12-25)22-21-19(23-16-24-21)9-13-26(22)20(28)15-17-5-2-1-3-6-17/h1-3,5-6,16,18,22,27H,4,7-15H2,(H,23,24). The van der Waals surface area contributed by atoms with E-state index in [1.54, 1.807) is 6.33 Å². The quantitative estimate of drug-likeness (QED) is 0.803. The highest BCUT2D eigenvalue weighted by molar-refractivity contribution is 5.79. The first-order valence-electron chi connectivity index (χ1n) is 10.4. The number of aliphatic hydroxyl groups excluding tert-OH is 1. The zero-order valence-corrected chi connectivity index (χ0v) is 16.4. The molecule has 1 unspecified atom stereocenters. The number of hydrogen-bond donors (Lipinski definition) is 2. The molecule has 6 nitrogen and oxygen atoms in total. The Bertz CT molecular complexity index is 768. The number of rotatable bonds is 6. The number of benzene rings is 1. The molecule has 0 spiro atoms. The lowest BCUT2D eigenvalue weighted by atomic mass is 9.83. The number of nitrogens with one attached hydrogen (secondary N) is 1. The normalized spacial score (nSPS) is 20.9. The van der Waals surface area contributed by atoms with Gasteiger partial charge < -0.3 is 19.9 Å². The van der Waals surface area contributed by atoms with Crippen molar-refractivity contribution in [3.63, 3.8) is 0 Å². The van der Waals surface area contributed by atoms with E-state index < -0.39 is 0 Å². The minimum absolute atomic E-state index is 0.0752. The van der Waals surface area contributed by atoms with E-state index in [4.69, 9.17) is 5.11 Å². The van der Waals surface area contributed by atoms with Crippen LogP contribution in [-0.4, -0.2) is 63.6 Å². The molecule has 0 bridgehead atoms. The number of carbonyl (C=O) groups excluding carboxylic acids is 1. The molecule has 2 N–H and O–H groups in total. The molecule has 1 aromatic heterocycles. The van der Waals surface area contributed by atoms with Crippen LogP contribution in [0.25, 0.3) is 0 Å². The molecule has 150 valence electrons. The van der Waals surface area contributed by atoms with Crippen molar-refractivity contribution in [2.75, 3.05) is 32.8 Å².